The number of hydrogen-bond donors (Lipinski definition) is 0. The van der Waals surface area contributed by atoms with E-state index in [9.17, 15) is 0 Å². The molecule has 1 heterocycles. The lowest BCUT2D eigenvalue weighted by atomic mass is 10.0. The van der Waals surface area contributed by atoms with Gasteiger partial charge in [-0.2, -0.15) is 0 Å². The van der Waals surface area contributed by atoms with E-state index in [0.29, 0.717) is 6.42 Å². The lowest BCUT2D eigenvalue weighted by molar-refractivity contribution is 0.880. The SMILES string of the molecule is Cc1cc(Cl)cc(C(Cl)Cc2ccccn2)c1. The van der Waals surface area contributed by atoms with Gasteiger partial charge in [0.05, 0.1) is 5.38 Å². The topological polar surface area (TPSA) is 12.9 Å². The van der Waals surface area contributed by atoms with E-state index in [0.717, 1.165) is 21.8 Å². The third-order valence-corrected chi connectivity index (χ3v) is 3.17. The summed E-state index contributed by atoms with van der Waals surface area (Å²) in [7, 11) is 0. The summed E-state index contributed by atoms with van der Waals surface area (Å²) in [4.78, 5) is 4.27. The normalized spacial score (nSPS) is 12.4. The molecule has 0 amide bonds. The van der Waals surface area contributed by atoms with Crippen LogP contribution in [0.1, 0.15) is 22.2 Å². The molecule has 1 unspecified atom stereocenters. The number of aromatic nitrogens is 1. The van der Waals surface area contributed by atoms with E-state index in [2.05, 4.69) is 11.1 Å². The van der Waals surface area contributed by atoms with Crippen LogP contribution in [0.15, 0.2) is 42.6 Å². The summed E-state index contributed by atoms with van der Waals surface area (Å²) < 4.78 is 0. The highest BCUT2D eigenvalue weighted by Crippen LogP contribution is 2.27. The van der Waals surface area contributed by atoms with E-state index in [-0.39, 0.29) is 5.38 Å². The number of hydrogen-bond acceptors (Lipinski definition) is 1. The molecule has 0 spiro atoms. The Bertz CT molecular complexity index is 477. The second kappa shape index (κ2) is 5.52. The third-order valence-electron chi connectivity index (χ3n) is 2.54. The Morgan fingerprint density at radius 3 is 2.71 bits per heavy atom. The predicted molar refractivity (Wildman–Crippen MR) is 72.7 cm³/mol. The van der Waals surface area contributed by atoms with E-state index in [1.807, 2.05) is 37.3 Å². The van der Waals surface area contributed by atoms with Crippen LogP contribution in [-0.2, 0) is 6.42 Å². The molecule has 3 heteroatoms. The summed E-state index contributed by atoms with van der Waals surface area (Å²) in [5.41, 5.74) is 3.16. The maximum absolute atomic E-state index is 6.39. The average Bonchev–Trinajstić information content (AvgIpc) is 2.29. The van der Waals surface area contributed by atoms with Crippen LogP contribution in [0.5, 0.6) is 0 Å². The molecule has 88 valence electrons. The van der Waals surface area contributed by atoms with Crippen LogP contribution in [0.25, 0.3) is 0 Å². The fourth-order valence-electron chi connectivity index (χ4n) is 1.77. The molecule has 0 bridgehead atoms. The van der Waals surface area contributed by atoms with Crippen LogP contribution in [0.4, 0.5) is 0 Å². The van der Waals surface area contributed by atoms with Crippen LogP contribution in [0.2, 0.25) is 5.02 Å². The molecule has 1 atom stereocenters. The monoisotopic (exact) mass is 265 g/mol. The quantitative estimate of drug-likeness (QED) is 0.742. The number of rotatable bonds is 3. The predicted octanol–water partition coefficient (Wildman–Crippen LogP) is 4.57. The Hall–Kier alpha value is -1.05. The number of pyridine rings is 1. The average molecular weight is 266 g/mol. The van der Waals surface area contributed by atoms with Gasteiger partial charge in [-0.1, -0.05) is 23.7 Å². The van der Waals surface area contributed by atoms with Gasteiger partial charge in [-0.25, -0.2) is 0 Å². The van der Waals surface area contributed by atoms with Crippen LogP contribution >= 0.6 is 23.2 Å². The highest BCUT2D eigenvalue weighted by molar-refractivity contribution is 6.30. The van der Waals surface area contributed by atoms with Crippen molar-refractivity contribution in [1.29, 1.82) is 0 Å². The van der Waals surface area contributed by atoms with Crippen LogP contribution in [0.3, 0.4) is 0 Å². The van der Waals surface area contributed by atoms with Crippen LogP contribution in [-0.4, -0.2) is 4.98 Å². The molecule has 0 saturated heterocycles. The summed E-state index contributed by atoms with van der Waals surface area (Å²) in [5, 5.41) is 0.633. The van der Waals surface area contributed by atoms with E-state index < -0.39 is 0 Å². The highest BCUT2D eigenvalue weighted by Gasteiger charge is 2.10. The van der Waals surface area contributed by atoms with Crippen molar-refractivity contribution in [3.05, 3.63) is 64.4 Å². The second-order valence-corrected chi connectivity index (χ2v) is 5.02. The minimum absolute atomic E-state index is 0.0951. The van der Waals surface area contributed by atoms with Gasteiger partial charge in [0.1, 0.15) is 0 Å². The summed E-state index contributed by atoms with van der Waals surface area (Å²) in [6.07, 6.45) is 2.49. The van der Waals surface area contributed by atoms with Gasteiger partial charge in [-0.05, 0) is 42.3 Å². The zero-order valence-corrected chi connectivity index (χ0v) is 11.0. The first-order valence-corrected chi connectivity index (χ1v) is 6.27. The van der Waals surface area contributed by atoms with Crippen molar-refractivity contribution in [2.24, 2.45) is 0 Å². The van der Waals surface area contributed by atoms with Crippen LogP contribution < -0.4 is 0 Å². The van der Waals surface area contributed by atoms with Crippen molar-refractivity contribution in [1.82, 2.24) is 4.98 Å². The van der Waals surface area contributed by atoms with Crippen molar-refractivity contribution in [2.45, 2.75) is 18.7 Å². The zero-order valence-electron chi connectivity index (χ0n) is 9.53. The molecule has 17 heavy (non-hydrogen) atoms. The molecule has 0 N–H and O–H groups in total. The smallest absolute Gasteiger partial charge is 0.0641 e. The van der Waals surface area contributed by atoms with Gasteiger partial charge < -0.3 is 0 Å². The maximum atomic E-state index is 6.39. The molecule has 0 aliphatic carbocycles. The molecular weight excluding hydrogens is 253 g/mol. The van der Waals surface area contributed by atoms with Crippen molar-refractivity contribution in [3.63, 3.8) is 0 Å². The first-order valence-electron chi connectivity index (χ1n) is 5.46. The Morgan fingerprint density at radius 2 is 2.06 bits per heavy atom. The zero-order chi connectivity index (χ0) is 12.3. The molecule has 1 aromatic carbocycles. The standard InChI is InChI=1S/C14H13Cl2N/c1-10-6-11(8-12(15)7-10)14(16)9-13-4-2-3-5-17-13/h2-8,14H,9H2,1H3. The van der Waals surface area contributed by atoms with Crippen molar-refractivity contribution in [2.75, 3.05) is 0 Å². The highest BCUT2D eigenvalue weighted by atomic mass is 35.5. The lowest BCUT2D eigenvalue weighted by Crippen LogP contribution is -1.98. The lowest BCUT2D eigenvalue weighted by Gasteiger charge is -2.10. The van der Waals surface area contributed by atoms with Crippen molar-refractivity contribution >= 4 is 23.2 Å². The van der Waals surface area contributed by atoms with E-state index in [1.54, 1.807) is 6.20 Å². The molecule has 0 fully saturated rings. The molecular formula is C14H13Cl2N. The number of aryl methyl sites for hydroxylation is 1. The van der Waals surface area contributed by atoms with E-state index in [1.165, 1.54) is 0 Å². The molecule has 0 radical (unpaired) electrons. The van der Waals surface area contributed by atoms with Gasteiger partial charge in [0, 0.05) is 23.3 Å². The summed E-state index contributed by atoms with van der Waals surface area (Å²) in [5.74, 6) is 0. The van der Waals surface area contributed by atoms with Gasteiger partial charge in [0.2, 0.25) is 0 Å². The largest absolute Gasteiger partial charge is 0.261 e. The first kappa shape index (κ1) is 12.4. The molecule has 0 aliphatic heterocycles. The fraction of sp³-hybridized carbons (Fsp3) is 0.214. The number of halogens is 2. The van der Waals surface area contributed by atoms with E-state index in [4.69, 9.17) is 23.2 Å². The third kappa shape index (κ3) is 3.45. The molecule has 1 aromatic heterocycles. The van der Waals surface area contributed by atoms with E-state index >= 15 is 0 Å². The number of benzene rings is 1. The van der Waals surface area contributed by atoms with Gasteiger partial charge >= 0.3 is 0 Å². The molecule has 2 rings (SSSR count). The Kier molecular flexibility index (Phi) is 4.03. The van der Waals surface area contributed by atoms with Crippen molar-refractivity contribution < 1.29 is 0 Å². The van der Waals surface area contributed by atoms with Crippen molar-refractivity contribution in [3.8, 4) is 0 Å². The van der Waals surface area contributed by atoms with Gasteiger partial charge in [0.15, 0.2) is 0 Å². The Balaban J connectivity index is 2.17. The maximum Gasteiger partial charge on any atom is 0.0641 e. The van der Waals surface area contributed by atoms with Crippen LogP contribution in [0, 0.1) is 6.92 Å². The Morgan fingerprint density at radius 1 is 1.24 bits per heavy atom. The van der Waals surface area contributed by atoms with Gasteiger partial charge in [-0.15, -0.1) is 11.6 Å². The molecule has 0 aliphatic rings. The number of nitrogens with zero attached hydrogens (tertiary/aromatic N) is 1. The first-order chi connectivity index (χ1) is 8.15. The Labute approximate surface area is 111 Å². The second-order valence-electron chi connectivity index (χ2n) is 4.05. The minimum atomic E-state index is -0.0951. The summed E-state index contributed by atoms with van der Waals surface area (Å²) in [6, 6.07) is 11.7. The van der Waals surface area contributed by atoms with Gasteiger partial charge in [0.25, 0.3) is 0 Å². The molecule has 0 saturated carbocycles. The van der Waals surface area contributed by atoms with Gasteiger partial charge in [-0.3, -0.25) is 4.98 Å². The fourth-order valence-corrected chi connectivity index (χ4v) is 2.35. The summed E-state index contributed by atoms with van der Waals surface area (Å²) in [6.45, 7) is 2.01. The number of alkyl halides is 1. The molecule has 2 aromatic rings. The minimum Gasteiger partial charge on any atom is -0.261 e. The summed E-state index contributed by atoms with van der Waals surface area (Å²) >= 11 is 12.4. The molecule has 1 nitrogen and oxygen atoms in total.